The van der Waals surface area contributed by atoms with Crippen LogP contribution in [0.1, 0.15) is 27.9 Å². The summed E-state index contributed by atoms with van der Waals surface area (Å²) in [7, 11) is 0. The third-order valence-electron chi connectivity index (χ3n) is 2.45. The number of aldehydes is 1. The van der Waals surface area contributed by atoms with Crippen molar-refractivity contribution < 1.29 is 9.18 Å². The van der Waals surface area contributed by atoms with Crippen molar-refractivity contribution in [3.63, 3.8) is 0 Å². The lowest BCUT2D eigenvalue weighted by molar-refractivity contribution is 0.111. The second kappa shape index (κ2) is 3.11. The Hall–Kier alpha value is -0.890. The summed E-state index contributed by atoms with van der Waals surface area (Å²) in [5.41, 5.74) is 2.02. The first-order valence-corrected chi connectivity index (χ1v) is 4.56. The molecule has 0 saturated carbocycles. The maximum absolute atomic E-state index is 13.3. The maximum atomic E-state index is 13.3. The molecule has 1 aromatic rings. The number of hydrogen-bond donors (Lipinski definition) is 0. The van der Waals surface area contributed by atoms with E-state index in [2.05, 4.69) is 0 Å². The Bertz CT molecular complexity index is 374. The average molecular weight is 199 g/mol. The van der Waals surface area contributed by atoms with Gasteiger partial charge in [0, 0.05) is 0 Å². The van der Waals surface area contributed by atoms with E-state index in [0.717, 1.165) is 30.4 Å². The van der Waals surface area contributed by atoms with E-state index in [1.54, 1.807) is 6.07 Å². The molecule has 1 aliphatic rings. The van der Waals surface area contributed by atoms with Gasteiger partial charge in [0.05, 0.1) is 10.6 Å². The Labute approximate surface area is 80.5 Å². The van der Waals surface area contributed by atoms with Crippen LogP contribution < -0.4 is 0 Å². The predicted molar refractivity (Wildman–Crippen MR) is 48.8 cm³/mol. The van der Waals surface area contributed by atoms with E-state index in [4.69, 9.17) is 11.6 Å². The van der Waals surface area contributed by atoms with Crippen LogP contribution in [0.3, 0.4) is 0 Å². The van der Waals surface area contributed by atoms with Crippen molar-refractivity contribution in [2.75, 3.05) is 0 Å². The van der Waals surface area contributed by atoms with Gasteiger partial charge in [-0.1, -0.05) is 11.6 Å². The first kappa shape index (κ1) is 8.70. The fraction of sp³-hybridized carbons (Fsp3) is 0.300. The Balaban J connectivity index is 2.71. The van der Waals surface area contributed by atoms with Crippen LogP contribution in [-0.2, 0) is 12.8 Å². The highest BCUT2D eigenvalue weighted by molar-refractivity contribution is 6.31. The molecule has 0 saturated heterocycles. The van der Waals surface area contributed by atoms with Crippen LogP contribution in [0.2, 0.25) is 5.02 Å². The molecule has 0 fully saturated rings. The number of carbonyl (C=O) groups excluding carboxylic acids is 1. The van der Waals surface area contributed by atoms with E-state index in [9.17, 15) is 9.18 Å². The number of benzene rings is 1. The number of carbonyl (C=O) groups is 1. The zero-order valence-corrected chi connectivity index (χ0v) is 7.70. The zero-order valence-electron chi connectivity index (χ0n) is 6.94. The van der Waals surface area contributed by atoms with Gasteiger partial charge < -0.3 is 0 Å². The molecule has 0 radical (unpaired) electrons. The van der Waals surface area contributed by atoms with Crippen molar-refractivity contribution >= 4 is 17.9 Å². The van der Waals surface area contributed by atoms with Gasteiger partial charge in [-0.15, -0.1) is 0 Å². The summed E-state index contributed by atoms with van der Waals surface area (Å²) >= 11 is 5.64. The van der Waals surface area contributed by atoms with Gasteiger partial charge in [-0.3, -0.25) is 4.79 Å². The van der Waals surface area contributed by atoms with E-state index >= 15 is 0 Å². The maximum Gasteiger partial charge on any atom is 0.153 e. The Morgan fingerprint density at radius 2 is 2.23 bits per heavy atom. The molecular weight excluding hydrogens is 191 g/mol. The fourth-order valence-corrected chi connectivity index (χ4v) is 2.07. The molecule has 0 aromatic heterocycles. The van der Waals surface area contributed by atoms with E-state index < -0.39 is 5.82 Å². The van der Waals surface area contributed by atoms with Crippen LogP contribution in [0, 0.1) is 5.82 Å². The van der Waals surface area contributed by atoms with Crippen molar-refractivity contribution in [1.29, 1.82) is 0 Å². The summed E-state index contributed by atoms with van der Waals surface area (Å²) in [5, 5.41) is 0.0581. The van der Waals surface area contributed by atoms with Gasteiger partial charge in [-0.05, 0) is 36.5 Å². The lowest BCUT2D eigenvalue weighted by Gasteiger charge is -2.05. The molecule has 2 rings (SSSR count). The summed E-state index contributed by atoms with van der Waals surface area (Å²) < 4.78 is 13.3. The highest BCUT2D eigenvalue weighted by Gasteiger charge is 2.20. The van der Waals surface area contributed by atoms with Crippen LogP contribution in [0.5, 0.6) is 0 Å². The lowest BCUT2D eigenvalue weighted by Crippen LogP contribution is -1.97. The van der Waals surface area contributed by atoms with Gasteiger partial charge in [0.2, 0.25) is 0 Å². The van der Waals surface area contributed by atoms with Gasteiger partial charge in [-0.25, -0.2) is 4.39 Å². The van der Waals surface area contributed by atoms with Crippen LogP contribution in [0.15, 0.2) is 6.07 Å². The smallest absolute Gasteiger partial charge is 0.153 e. The largest absolute Gasteiger partial charge is 0.298 e. The normalized spacial score (nSPS) is 14.3. The molecule has 1 aliphatic carbocycles. The Kier molecular flexibility index (Phi) is 2.08. The molecule has 0 atom stereocenters. The van der Waals surface area contributed by atoms with Gasteiger partial charge >= 0.3 is 0 Å². The summed E-state index contributed by atoms with van der Waals surface area (Å²) in [6, 6.07) is 1.63. The molecule has 0 unspecified atom stereocenters. The van der Waals surface area contributed by atoms with Crippen molar-refractivity contribution in [3.8, 4) is 0 Å². The summed E-state index contributed by atoms with van der Waals surface area (Å²) in [6.45, 7) is 0. The van der Waals surface area contributed by atoms with Crippen molar-refractivity contribution in [2.45, 2.75) is 19.3 Å². The highest BCUT2D eigenvalue weighted by atomic mass is 35.5. The standard InChI is InChI=1S/C10H8ClFO/c11-9-4-6-2-1-3-7(6)8(5-13)10(9)12/h4-5H,1-3H2. The average Bonchev–Trinajstić information content (AvgIpc) is 2.54. The van der Waals surface area contributed by atoms with Gasteiger partial charge in [0.15, 0.2) is 12.1 Å². The van der Waals surface area contributed by atoms with Crippen LogP contribution in [0.25, 0.3) is 0 Å². The number of fused-ring (bicyclic) bond motifs is 1. The molecule has 0 N–H and O–H groups in total. The van der Waals surface area contributed by atoms with E-state index in [1.165, 1.54) is 0 Å². The third kappa shape index (κ3) is 1.25. The third-order valence-corrected chi connectivity index (χ3v) is 2.73. The minimum absolute atomic E-state index is 0.0581. The monoisotopic (exact) mass is 198 g/mol. The van der Waals surface area contributed by atoms with E-state index in [-0.39, 0.29) is 10.6 Å². The molecule has 0 aliphatic heterocycles. The Morgan fingerprint density at radius 3 is 2.92 bits per heavy atom. The summed E-state index contributed by atoms with van der Waals surface area (Å²) in [6.07, 6.45) is 3.23. The molecule has 13 heavy (non-hydrogen) atoms. The molecular formula is C10H8ClFO. The first-order chi connectivity index (χ1) is 6.24. The van der Waals surface area contributed by atoms with Gasteiger partial charge in [0.25, 0.3) is 0 Å². The summed E-state index contributed by atoms with van der Waals surface area (Å²) in [4.78, 5) is 10.6. The van der Waals surface area contributed by atoms with Crippen molar-refractivity contribution in [2.24, 2.45) is 0 Å². The molecule has 0 bridgehead atoms. The predicted octanol–water partition coefficient (Wildman–Crippen LogP) is 2.78. The first-order valence-electron chi connectivity index (χ1n) is 4.19. The molecule has 68 valence electrons. The van der Waals surface area contributed by atoms with E-state index in [0.29, 0.717) is 6.29 Å². The SMILES string of the molecule is O=Cc1c(F)c(Cl)cc2c1CCC2. The molecule has 1 nitrogen and oxygen atoms in total. The van der Waals surface area contributed by atoms with Crippen molar-refractivity contribution in [1.82, 2.24) is 0 Å². The number of halogens is 2. The number of aryl methyl sites for hydroxylation is 1. The minimum Gasteiger partial charge on any atom is -0.298 e. The topological polar surface area (TPSA) is 17.1 Å². The van der Waals surface area contributed by atoms with Crippen LogP contribution in [-0.4, -0.2) is 6.29 Å². The molecule has 3 heteroatoms. The zero-order chi connectivity index (χ0) is 9.42. The number of rotatable bonds is 1. The van der Waals surface area contributed by atoms with E-state index in [1.807, 2.05) is 0 Å². The van der Waals surface area contributed by atoms with Gasteiger partial charge in [0.1, 0.15) is 0 Å². The van der Waals surface area contributed by atoms with Crippen molar-refractivity contribution in [3.05, 3.63) is 33.6 Å². The van der Waals surface area contributed by atoms with Crippen LogP contribution in [0.4, 0.5) is 4.39 Å². The fourth-order valence-electron chi connectivity index (χ4n) is 1.83. The van der Waals surface area contributed by atoms with Crippen LogP contribution >= 0.6 is 11.6 Å². The molecule has 0 amide bonds. The molecule has 0 spiro atoms. The minimum atomic E-state index is -0.572. The summed E-state index contributed by atoms with van der Waals surface area (Å²) in [5.74, 6) is -0.572. The van der Waals surface area contributed by atoms with Gasteiger partial charge in [-0.2, -0.15) is 0 Å². The second-order valence-corrected chi connectivity index (χ2v) is 3.60. The number of hydrogen-bond acceptors (Lipinski definition) is 1. The second-order valence-electron chi connectivity index (χ2n) is 3.20. The lowest BCUT2D eigenvalue weighted by atomic mass is 10.0. The Morgan fingerprint density at radius 1 is 1.46 bits per heavy atom. The quantitative estimate of drug-likeness (QED) is 0.635. The molecule has 0 heterocycles. The molecule has 1 aromatic carbocycles. The highest BCUT2D eigenvalue weighted by Crippen LogP contribution is 2.30.